The summed E-state index contributed by atoms with van der Waals surface area (Å²) in [5.74, 6) is 2.06. The summed E-state index contributed by atoms with van der Waals surface area (Å²) < 4.78 is 11.8. The Morgan fingerprint density at radius 1 is 0.933 bits per heavy atom. The Morgan fingerprint density at radius 3 is 2.36 bits per heavy atom. The van der Waals surface area contributed by atoms with Crippen LogP contribution in [0.2, 0.25) is 0 Å². The van der Waals surface area contributed by atoms with Crippen LogP contribution < -0.4 is 0 Å². The molecule has 4 aliphatic rings. The second kappa shape index (κ2) is 13.0. The first-order valence-corrected chi connectivity index (χ1v) is 18.1. The van der Waals surface area contributed by atoms with Crippen molar-refractivity contribution in [1.82, 2.24) is 0 Å². The summed E-state index contributed by atoms with van der Waals surface area (Å²) in [6.45, 7) is 19.3. The van der Waals surface area contributed by atoms with Gasteiger partial charge < -0.3 is 9.47 Å². The molecule has 4 aliphatic carbocycles. The summed E-state index contributed by atoms with van der Waals surface area (Å²) in [5.41, 5.74) is 3.89. The standard InChI is InChI=1S/C41H60O4/c1-9-44-36(42)23-27-41-26-21-31(29(4)15-13-14-28(2)3)40(41,8)25-20-32-33(41)18-19-34-38(5,6)35(22-24-39(32,34)7)45-37(43)30-16-11-10-12-17-30/h10-12,16-17,21,26,28-29,31,34-35H,9,13-15,18-20,22-25,27H2,1-8H3/t29-,31-,34?,35+,39-,40-,41-/m1/s1. The third kappa shape index (κ3) is 5.98. The van der Waals surface area contributed by atoms with Crippen LogP contribution in [0.3, 0.4) is 0 Å². The first-order chi connectivity index (χ1) is 21.3. The molecule has 1 unspecified atom stereocenters. The molecule has 4 heteroatoms. The molecular weight excluding hydrogens is 556 g/mol. The van der Waals surface area contributed by atoms with E-state index in [9.17, 15) is 9.59 Å². The smallest absolute Gasteiger partial charge is 0.338 e. The number of hydrogen-bond acceptors (Lipinski definition) is 4. The van der Waals surface area contributed by atoms with E-state index in [1.165, 1.54) is 19.3 Å². The van der Waals surface area contributed by atoms with E-state index in [0.717, 1.165) is 50.9 Å². The topological polar surface area (TPSA) is 52.6 Å². The highest BCUT2D eigenvalue weighted by molar-refractivity contribution is 5.89. The maximum atomic E-state index is 13.2. The summed E-state index contributed by atoms with van der Waals surface area (Å²) in [6, 6.07) is 9.43. The van der Waals surface area contributed by atoms with Crippen LogP contribution in [0.1, 0.15) is 136 Å². The van der Waals surface area contributed by atoms with Crippen molar-refractivity contribution < 1.29 is 19.1 Å². The van der Waals surface area contributed by atoms with Crippen molar-refractivity contribution in [3.63, 3.8) is 0 Å². The largest absolute Gasteiger partial charge is 0.466 e. The summed E-state index contributed by atoms with van der Waals surface area (Å²) in [6.07, 6.45) is 16.6. The first kappa shape index (κ1) is 34.0. The molecule has 0 heterocycles. The predicted molar refractivity (Wildman–Crippen MR) is 183 cm³/mol. The lowest BCUT2D eigenvalue weighted by Gasteiger charge is -2.63. The van der Waals surface area contributed by atoms with Gasteiger partial charge in [0.25, 0.3) is 0 Å². The molecule has 1 fully saturated rings. The SMILES string of the molecule is CCOC(=O)CC[C@@]12C=C[C@H]([C@H](C)CCCC(C)C)[C@@]1(C)CCC1=C2CCC2C(C)(C)[C@@H](OC(=O)c3ccccc3)CC[C@]12C. The summed E-state index contributed by atoms with van der Waals surface area (Å²) in [7, 11) is 0. The third-order valence-electron chi connectivity index (χ3n) is 13.3. The van der Waals surface area contributed by atoms with Crippen molar-refractivity contribution >= 4 is 11.9 Å². The highest BCUT2D eigenvalue weighted by Crippen LogP contribution is 2.72. The number of hydrogen-bond donors (Lipinski definition) is 0. The van der Waals surface area contributed by atoms with Crippen LogP contribution in [0.5, 0.6) is 0 Å². The van der Waals surface area contributed by atoms with E-state index < -0.39 is 0 Å². The Hall–Kier alpha value is -2.36. The van der Waals surface area contributed by atoms with Crippen molar-refractivity contribution in [2.75, 3.05) is 6.61 Å². The molecule has 1 saturated carbocycles. The molecular formula is C41H60O4. The molecule has 4 nitrogen and oxygen atoms in total. The molecule has 0 aliphatic heterocycles. The Bertz CT molecular complexity index is 1290. The van der Waals surface area contributed by atoms with Crippen LogP contribution in [-0.4, -0.2) is 24.6 Å². The highest BCUT2D eigenvalue weighted by atomic mass is 16.5. The van der Waals surface area contributed by atoms with Gasteiger partial charge in [0.15, 0.2) is 0 Å². The minimum Gasteiger partial charge on any atom is -0.466 e. The van der Waals surface area contributed by atoms with Gasteiger partial charge in [0, 0.05) is 17.3 Å². The average molecular weight is 617 g/mol. The van der Waals surface area contributed by atoms with Crippen LogP contribution in [-0.2, 0) is 14.3 Å². The number of ether oxygens (including phenoxy) is 2. The molecule has 7 atom stereocenters. The quantitative estimate of drug-likeness (QED) is 0.183. The van der Waals surface area contributed by atoms with E-state index >= 15 is 0 Å². The second-order valence-corrected chi connectivity index (χ2v) is 16.5. The molecule has 0 N–H and O–H groups in total. The van der Waals surface area contributed by atoms with Crippen LogP contribution in [0.25, 0.3) is 0 Å². The van der Waals surface area contributed by atoms with Gasteiger partial charge in [-0.1, -0.05) is 109 Å². The maximum absolute atomic E-state index is 13.2. The molecule has 0 aromatic heterocycles. The monoisotopic (exact) mass is 616 g/mol. The summed E-state index contributed by atoms with van der Waals surface area (Å²) in [5, 5.41) is 0. The van der Waals surface area contributed by atoms with Crippen molar-refractivity contribution in [3.8, 4) is 0 Å². The molecule has 45 heavy (non-hydrogen) atoms. The highest BCUT2D eigenvalue weighted by Gasteiger charge is 2.63. The van der Waals surface area contributed by atoms with E-state index in [2.05, 4.69) is 60.6 Å². The third-order valence-corrected chi connectivity index (χ3v) is 13.3. The molecule has 1 aromatic carbocycles. The van der Waals surface area contributed by atoms with Crippen LogP contribution in [0, 0.1) is 45.3 Å². The number of benzene rings is 1. The van der Waals surface area contributed by atoms with Gasteiger partial charge in [-0.3, -0.25) is 4.79 Å². The minimum absolute atomic E-state index is 0.0643. The second-order valence-electron chi connectivity index (χ2n) is 16.5. The van der Waals surface area contributed by atoms with Gasteiger partial charge >= 0.3 is 11.9 Å². The summed E-state index contributed by atoms with van der Waals surface area (Å²) in [4.78, 5) is 26.0. The molecule has 0 bridgehead atoms. The lowest BCUT2D eigenvalue weighted by atomic mass is 9.42. The zero-order valence-electron chi connectivity index (χ0n) is 29.5. The maximum Gasteiger partial charge on any atom is 0.338 e. The Kier molecular flexibility index (Phi) is 9.84. The minimum atomic E-state index is -0.205. The van der Waals surface area contributed by atoms with Crippen molar-refractivity contribution in [2.24, 2.45) is 45.3 Å². The molecule has 0 spiro atoms. The van der Waals surface area contributed by atoms with E-state index in [4.69, 9.17) is 9.47 Å². The number of rotatable bonds is 11. The van der Waals surface area contributed by atoms with Crippen LogP contribution in [0.4, 0.5) is 0 Å². The number of carbonyl (C=O) groups is 2. The molecule has 248 valence electrons. The van der Waals surface area contributed by atoms with Crippen LogP contribution >= 0.6 is 0 Å². The van der Waals surface area contributed by atoms with Gasteiger partial charge in [0.1, 0.15) is 6.10 Å². The van der Waals surface area contributed by atoms with E-state index in [-0.39, 0.29) is 39.7 Å². The van der Waals surface area contributed by atoms with Gasteiger partial charge in [0.2, 0.25) is 0 Å². The van der Waals surface area contributed by atoms with Gasteiger partial charge in [0.05, 0.1) is 12.2 Å². The van der Waals surface area contributed by atoms with E-state index in [0.29, 0.717) is 36.3 Å². The number of allylic oxidation sites excluding steroid dienone is 4. The molecule has 0 radical (unpaired) electrons. The van der Waals surface area contributed by atoms with Crippen molar-refractivity contribution in [3.05, 3.63) is 59.2 Å². The lowest BCUT2D eigenvalue weighted by molar-refractivity contribution is -0.144. The van der Waals surface area contributed by atoms with E-state index in [1.54, 1.807) is 11.1 Å². The van der Waals surface area contributed by atoms with Gasteiger partial charge in [-0.05, 0) is 98.5 Å². The van der Waals surface area contributed by atoms with Gasteiger partial charge in [-0.25, -0.2) is 4.79 Å². The number of fused-ring (bicyclic) bond motifs is 4. The van der Waals surface area contributed by atoms with E-state index in [1.807, 2.05) is 37.3 Å². The fourth-order valence-electron chi connectivity index (χ4n) is 10.9. The Labute approximate surface area is 273 Å². The Morgan fingerprint density at radius 2 is 1.67 bits per heavy atom. The van der Waals surface area contributed by atoms with Crippen molar-refractivity contribution in [1.29, 1.82) is 0 Å². The molecule has 5 rings (SSSR count). The molecule has 0 amide bonds. The normalized spacial score (nSPS) is 34.1. The Balaban J connectivity index is 1.46. The zero-order valence-corrected chi connectivity index (χ0v) is 29.5. The fourth-order valence-corrected chi connectivity index (χ4v) is 10.9. The number of carbonyl (C=O) groups excluding carboxylic acids is 2. The van der Waals surface area contributed by atoms with Crippen molar-refractivity contribution in [2.45, 2.75) is 132 Å². The summed E-state index contributed by atoms with van der Waals surface area (Å²) >= 11 is 0. The molecule has 1 aromatic rings. The molecule has 0 saturated heterocycles. The lowest BCUT2D eigenvalue weighted by Crippen LogP contribution is -2.56. The van der Waals surface area contributed by atoms with Gasteiger partial charge in [-0.15, -0.1) is 0 Å². The predicted octanol–water partition coefficient (Wildman–Crippen LogP) is 10.5. The fraction of sp³-hybridized carbons (Fsp3) is 0.707. The number of esters is 2. The zero-order chi connectivity index (χ0) is 32.6. The van der Waals surface area contributed by atoms with Gasteiger partial charge in [-0.2, -0.15) is 0 Å². The first-order valence-electron chi connectivity index (χ1n) is 18.1. The average Bonchev–Trinajstić information content (AvgIpc) is 3.31. The van der Waals surface area contributed by atoms with Crippen LogP contribution in [0.15, 0.2) is 53.6 Å².